The van der Waals surface area contributed by atoms with E-state index < -0.39 is 21.2 Å². The van der Waals surface area contributed by atoms with Crippen LogP contribution >= 0.6 is 0 Å². The molecule has 0 aliphatic rings. The molecule has 4 aromatic carbocycles. The number of carbonyl (C=O) groups is 1. The van der Waals surface area contributed by atoms with Crippen molar-refractivity contribution in [2.75, 3.05) is 7.11 Å². The Balaban J connectivity index is 1.52. The smallest absolute Gasteiger partial charge is 0.318 e. The molecule has 0 fully saturated rings. The molecule has 11 heteroatoms. The van der Waals surface area contributed by atoms with Gasteiger partial charge in [0.1, 0.15) is 0 Å². The zero-order chi connectivity index (χ0) is 25.7. The van der Waals surface area contributed by atoms with Crippen LogP contribution in [0.3, 0.4) is 0 Å². The van der Waals surface area contributed by atoms with Gasteiger partial charge in [0.05, 0.1) is 29.2 Å². The molecule has 0 saturated carbocycles. The summed E-state index contributed by atoms with van der Waals surface area (Å²) in [4.78, 5) is 33.4. The number of nitrogens with zero attached hydrogens (tertiary/aromatic N) is 3. The summed E-state index contributed by atoms with van der Waals surface area (Å²) in [5, 5.41) is 28.0. The predicted molar refractivity (Wildman–Crippen MR) is 132 cm³/mol. The van der Waals surface area contributed by atoms with E-state index in [2.05, 4.69) is 10.5 Å². The Morgan fingerprint density at radius 3 is 2.39 bits per heavy atom. The van der Waals surface area contributed by atoms with Gasteiger partial charge in [-0.25, -0.2) is 5.43 Å². The van der Waals surface area contributed by atoms with Gasteiger partial charge in [-0.15, -0.1) is 0 Å². The summed E-state index contributed by atoms with van der Waals surface area (Å²) < 4.78 is 10.9. The van der Waals surface area contributed by atoms with E-state index in [1.165, 1.54) is 19.4 Å². The number of non-ortho nitro benzene ring substituents is 1. The van der Waals surface area contributed by atoms with Gasteiger partial charge in [-0.05, 0) is 46.7 Å². The van der Waals surface area contributed by atoms with Gasteiger partial charge < -0.3 is 9.47 Å². The average Bonchev–Trinajstić information content (AvgIpc) is 2.88. The Bertz CT molecular complexity index is 1510. The molecule has 4 aromatic rings. The largest absolute Gasteiger partial charge is 0.493 e. The first-order valence-corrected chi connectivity index (χ1v) is 10.5. The Labute approximate surface area is 203 Å². The number of carbonyl (C=O) groups excluding carboxylic acids is 1. The third-order valence-corrected chi connectivity index (χ3v) is 5.17. The van der Waals surface area contributed by atoms with Crippen LogP contribution in [-0.2, 0) is 0 Å². The van der Waals surface area contributed by atoms with Crippen LogP contribution in [0.25, 0.3) is 10.8 Å². The van der Waals surface area contributed by atoms with Crippen LogP contribution in [0, 0.1) is 20.2 Å². The van der Waals surface area contributed by atoms with Gasteiger partial charge in [-0.2, -0.15) is 5.10 Å². The number of hydrazone groups is 1. The van der Waals surface area contributed by atoms with Crippen LogP contribution in [0.4, 0.5) is 11.4 Å². The summed E-state index contributed by atoms with van der Waals surface area (Å²) >= 11 is 0. The standard InChI is InChI=1S/C25H18N4O7/c1-35-24-13-16(15-26-27-25(30)20-8-4-6-17-5-2-3-7-19(17)20)9-11-23(24)36-22-12-10-18(28(31)32)14-21(22)29(33)34/h2-15H,1H3,(H,27,30)/b26-15-. The molecule has 36 heavy (non-hydrogen) atoms. The minimum Gasteiger partial charge on any atom is -0.493 e. The van der Waals surface area contributed by atoms with E-state index in [4.69, 9.17) is 9.47 Å². The second-order valence-corrected chi connectivity index (χ2v) is 7.40. The highest BCUT2D eigenvalue weighted by Gasteiger charge is 2.22. The predicted octanol–water partition coefficient (Wildman–Crippen LogP) is 5.22. The van der Waals surface area contributed by atoms with Crippen LogP contribution in [0.1, 0.15) is 15.9 Å². The zero-order valence-corrected chi connectivity index (χ0v) is 18.8. The van der Waals surface area contributed by atoms with Crippen molar-refractivity contribution in [3.05, 3.63) is 110 Å². The average molecular weight is 486 g/mol. The number of benzene rings is 4. The van der Waals surface area contributed by atoms with E-state index in [1.807, 2.05) is 30.3 Å². The summed E-state index contributed by atoms with van der Waals surface area (Å²) in [7, 11) is 1.38. The third-order valence-electron chi connectivity index (χ3n) is 5.17. The van der Waals surface area contributed by atoms with E-state index in [1.54, 1.807) is 24.3 Å². The van der Waals surface area contributed by atoms with Gasteiger partial charge in [0.25, 0.3) is 11.6 Å². The maximum Gasteiger partial charge on any atom is 0.318 e. The maximum absolute atomic E-state index is 12.6. The zero-order valence-electron chi connectivity index (χ0n) is 18.8. The third kappa shape index (κ3) is 5.09. The van der Waals surface area contributed by atoms with Gasteiger partial charge in [-0.3, -0.25) is 25.0 Å². The minimum atomic E-state index is -0.769. The number of ether oxygens (including phenoxy) is 2. The van der Waals surface area contributed by atoms with Crippen molar-refractivity contribution in [3.8, 4) is 17.2 Å². The Morgan fingerprint density at radius 1 is 0.889 bits per heavy atom. The summed E-state index contributed by atoms with van der Waals surface area (Å²) in [6, 6.07) is 20.6. The van der Waals surface area contributed by atoms with E-state index in [0.29, 0.717) is 11.1 Å². The highest BCUT2D eigenvalue weighted by Crippen LogP contribution is 2.38. The van der Waals surface area contributed by atoms with Crippen molar-refractivity contribution in [2.24, 2.45) is 5.10 Å². The van der Waals surface area contributed by atoms with Crippen molar-refractivity contribution in [3.63, 3.8) is 0 Å². The molecule has 1 amide bonds. The number of methoxy groups -OCH3 is 1. The van der Waals surface area contributed by atoms with Crippen LogP contribution in [0.15, 0.2) is 84.0 Å². The number of rotatable bonds is 8. The van der Waals surface area contributed by atoms with Gasteiger partial charge >= 0.3 is 5.69 Å². The number of nitrogens with one attached hydrogen (secondary N) is 1. The van der Waals surface area contributed by atoms with E-state index in [0.717, 1.165) is 29.0 Å². The van der Waals surface area contributed by atoms with Gasteiger partial charge in [0.15, 0.2) is 11.5 Å². The molecular formula is C25H18N4O7. The number of hydrogen-bond acceptors (Lipinski definition) is 8. The Kier molecular flexibility index (Phi) is 6.82. The fourth-order valence-corrected chi connectivity index (χ4v) is 3.46. The van der Waals surface area contributed by atoms with Crippen LogP contribution in [-0.4, -0.2) is 29.1 Å². The molecule has 0 radical (unpaired) electrons. The SMILES string of the molecule is COc1cc(/C=N\NC(=O)c2cccc3ccccc23)ccc1Oc1ccc([N+](=O)[O-])cc1[N+](=O)[O-]. The summed E-state index contributed by atoms with van der Waals surface area (Å²) in [5.74, 6) is -0.188. The van der Waals surface area contributed by atoms with Gasteiger partial charge in [-0.1, -0.05) is 36.4 Å². The lowest BCUT2D eigenvalue weighted by Gasteiger charge is -2.11. The second-order valence-electron chi connectivity index (χ2n) is 7.40. The molecule has 0 heterocycles. The molecule has 0 saturated heterocycles. The quantitative estimate of drug-likeness (QED) is 0.204. The molecule has 11 nitrogen and oxygen atoms in total. The number of hydrogen-bond donors (Lipinski definition) is 1. The lowest BCUT2D eigenvalue weighted by molar-refractivity contribution is -0.394. The summed E-state index contributed by atoms with van der Waals surface area (Å²) in [6.07, 6.45) is 1.41. The molecule has 180 valence electrons. The second kappa shape index (κ2) is 10.3. The molecule has 1 N–H and O–H groups in total. The minimum absolute atomic E-state index is 0.145. The van der Waals surface area contributed by atoms with Crippen molar-refractivity contribution < 1.29 is 24.1 Å². The number of nitro benzene ring substituents is 2. The van der Waals surface area contributed by atoms with Crippen molar-refractivity contribution in [1.29, 1.82) is 0 Å². The Morgan fingerprint density at radius 2 is 1.64 bits per heavy atom. The highest BCUT2D eigenvalue weighted by molar-refractivity contribution is 6.07. The van der Waals surface area contributed by atoms with Crippen molar-refractivity contribution in [1.82, 2.24) is 5.43 Å². The molecule has 0 bridgehead atoms. The molecular weight excluding hydrogens is 468 g/mol. The fraction of sp³-hybridized carbons (Fsp3) is 0.0400. The molecule has 0 aliphatic carbocycles. The highest BCUT2D eigenvalue weighted by atomic mass is 16.6. The summed E-state index contributed by atoms with van der Waals surface area (Å²) in [6.45, 7) is 0. The maximum atomic E-state index is 12.6. The summed E-state index contributed by atoms with van der Waals surface area (Å²) in [5.41, 5.74) is 2.53. The van der Waals surface area contributed by atoms with E-state index >= 15 is 0 Å². The first kappa shape index (κ1) is 23.8. The van der Waals surface area contributed by atoms with Crippen LogP contribution in [0.2, 0.25) is 0 Å². The first-order valence-electron chi connectivity index (χ1n) is 10.5. The van der Waals surface area contributed by atoms with Crippen LogP contribution < -0.4 is 14.9 Å². The topological polar surface area (TPSA) is 146 Å². The lowest BCUT2D eigenvalue weighted by Crippen LogP contribution is -2.17. The normalized spacial score (nSPS) is 10.8. The molecule has 0 aromatic heterocycles. The lowest BCUT2D eigenvalue weighted by atomic mass is 10.0. The van der Waals surface area contributed by atoms with Gasteiger partial charge in [0.2, 0.25) is 5.75 Å². The van der Waals surface area contributed by atoms with Crippen molar-refractivity contribution in [2.45, 2.75) is 0 Å². The van der Waals surface area contributed by atoms with Crippen LogP contribution in [0.5, 0.6) is 17.2 Å². The number of nitro groups is 2. The number of fused-ring (bicyclic) bond motifs is 1. The van der Waals surface area contributed by atoms with E-state index in [9.17, 15) is 25.0 Å². The molecule has 0 aliphatic heterocycles. The fourth-order valence-electron chi connectivity index (χ4n) is 3.46. The van der Waals surface area contributed by atoms with E-state index in [-0.39, 0.29) is 23.2 Å². The molecule has 4 rings (SSSR count). The van der Waals surface area contributed by atoms with Gasteiger partial charge in [0, 0.05) is 11.6 Å². The molecule has 0 unspecified atom stereocenters. The first-order chi connectivity index (χ1) is 17.4. The molecule has 0 atom stereocenters. The number of amides is 1. The molecule has 0 spiro atoms. The van der Waals surface area contributed by atoms with Crippen molar-refractivity contribution >= 4 is 34.3 Å². The Hall–Kier alpha value is -5.32. The monoisotopic (exact) mass is 486 g/mol.